The minimum Gasteiger partial charge on any atom is -0.618 e. The van der Waals surface area contributed by atoms with Crippen LogP contribution in [0.3, 0.4) is 0 Å². The van der Waals surface area contributed by atoms with Crippen molar-refractivity contribution in [3.05, 3.63) is 29.6 Å². The van der Waals surface area contributed by atoms with Gasteiger partial charge in [-0.1, -0.05) is 18.2 Å². The SMILES string of the molecule is [O-][n+]1ccccc1SCC1CCC1. The van der Waals surface area contributed by atoms with Crippen LogP contribution in [-0.4, -0.2) is 5.75 Å². The zero-order valence-electron chi connectivity index (χ0n) is 7.48. The van der Waals surface area contributed by atoms with E-state index in [0.717, 1.165) is 21.4 Å². The van der Waals surface area contributed by atoms with Gasteiger partial charge in [-0.3, -0.25) is 0 Å². The average Bonchev–Trinajstić information content (AvgIpc) is 2.05. The lowest BCUT2D eigenvalue weighted by atomic mass is 9.87. The minimum absolute atomic E-state index is 0.828. The largest absolute Gasteiger partial charge is 0.618 e. The predicted molar refractivity (Wildman–Crippen MR) is 53.5 cm³/mol. The highest BCUT2D eigenvalue weighted by Gasteiger charge is 2.18. The maximum atomic E-state index is 11.2. The Bertz CT molecular complexity index is 286. The van der Waals surface area contributed by atoms with Crippen molar-refractivity contribution in [2.45, 2.75) is 24.3 Å². The Morgan fingerprint density at radius 2 is 2.31 bits per heavy atom. The summed E-state index contributed by atoms with van der Waals surface area (Å²) < 4.78 is 0.948. The lowest BCUT2D eigenvalue weighted by Crippen LogP contribution is -2.28. The Morgan fingerprint density at radius 1 is 1.46 bits per heavy atom. The number of hydrogen-bond acceptors (Lipinski definition) is 2. The fraction of sp³-hybridized carbons (Fsp3) is 0.500. The van der Waals surface area contributed by atoms with Gasteiger partial charge in [-0.05, 0) is 24.8 Å². The third-order valence-corrected chi connectivity index (χ3v) is 3.73. The zero-order valence-corrected chi connectivity index (χ0v) is 8.30. The first kappa shape index (κ1) is 8.88. The Labute approximate surface area is 82.6 Å². The van der Waals surface area contributed by atoms with E-state index in [0.29, 0.717) is 0 Å². The summed E-state index contributed by atoms with van der Waals surface area (Å²) in [5, 5.41) is 12.1. The molecular weight excluding hydrogens is 182 g/mol. The summed E-state index contributed by atoms with van der Waals surface area (Å²) in [5.74, 6) is 1.96. The number of rotatable bonds is 3. The molecule has 1 fully saturated rings. The first-order valence-corrected chi connectivity index (χ1v) is 5.66. The standard InChI is InChI=1S/C10H13NOS/c12-11-7-2-1-6-10(11)13-8-9-4-3-5-9/h1-2,6-7,9H,3-5,8H2. The molecule has 0 radical (unpaired) electrons. The molecule has 0 spiro atoms. The topological polar surface area (TPSA) is 26.9 Å². The Morgan fingerprint density at radius 3 is 2.92 bits per heavy atom. The van der Waals surface area contributed by atoms with Gasteiger partial charge >= 0.3 is 0 Å². The molecular formula is C10H13NOS. The second-order valence-electron chi connectivity index (χ2n) is 3.47. The molecule has 0 bridgehead atoms. The molecule has 0 aliphatic heterocycles. The molecule has 1 aromatic rings. The van der Waals surface area contributed by atoms with Crippen molar-refractivity contribution in [2.24, 2.45) is 5.92 Å². The van der Waals surface area contributed by atoms with E-state index >= 15 is 0 Å². The summed E-state index contributed by atoms with van der Waals surface area (Å²) in [4.78, 5) is 0. The number of thioether (sulfide) groups is 1. The van der Waals surface area contributed by atoms with Gasteiger partial charge in [-0.2, -0.15) is 4.73 Å². The van der Waals surface area contributed by atoms with E-state index in [1.54, 1.807) is 24.0 Å². The first-order chi connectivity index (χ1) is 6.36. The molecule has 2 nitrogen and oxygen atoms in total. The predicted octanol–water partition coefficient (Wildman–Crippen LogP) is 2.21. The van der Waals surface area contributed by atoms with Crippen LogP contribution in [-0.2, 0) is 0 Å². The summed E-state index contributed by atoms with van der Waals surface area (Å²) in [6.07, 6.45) is 5.62. The molecule has 13 heavy (non-hydrogen) atoms. The molecule has 1 saturated carbocycles. The maximum Gasteiger partial charge on any atom is 0.251 e. The van der Waals surface area contributed by atoms with Crippen LogP contribution in [0, 0.1) is 11.1 Å². The molecule has 1 heterocycles. The van der Waals surface area contributed by atoms with Gasteiger partial charge in [0.15, 0.2) is 6.20 Å². The lowest BCUT2D eigenvalue weighted by molar-refractivity contribution is -0.645. The molecule has 3 heteroatoms. The van der Waals surface area contributed by atoms with Crippen molar-refractivity contribution >= 4 is 11.8 Å². The average molecular weight is 195 g/mol. The number of hydrogen-bond donors (Lipinski definition) is 0. The second-order valence-corrected chi connectivity index (χ2v) is 4.51. The highest BCUT2D eigenvalue weighted by Crippen LogP contribution is 2.31. The molecule has 0 saturated heterocycles. The summed E-state index contributed by atoms with van der Waals surface area (Å²) in [5.41, 5.74) is 0. The number of aromatic nitrogens is 1. The summed E-state index contributed by atoms with van der Waals surface area (Å²) in [6.45, 7) is 0. The van der Waals surface area contributed by atoms with Crippen LogP contribution >= 0.6 is 11.8 Å². The fourth-order valence-electron chi connectivity index (χ4n) is 1.39. The fourth-order valence-corrected chi connectivity index (χ4v) is 2.49. The van der Waals surface area contributed by atoms with E-state index < -0.39 is 0 Å². The van der Waals surface area contributed by atoms with Gasteiger partial charge in [0.25, 0.3) is 5.03 Å². The van der Waals surface area contributed by atoms with Gasteiger partial charge in [0.1, 0.15) is 0 Å². The highest BCUT2D eigenvalue weighted by molar-refractivity contribution is 7.99. The zero-order chi connectivity index (χ0) is 9.10. The van der Waals surface area contributed by atoms with Gasteiger partial charge in [0.05, 0.1) is 0 Å². The van der Waals surface area contributed by atoms with Crippen molar-refractivity contribution in [3.63, 3.8) is 0 Å². The summed E-state index contributed by atoms with van der Waals surface area (Å²) >= 11 is 1.68. The van der Waals surface area contributed by atoms with Crippen LogP contribution < -0.4 is 4.73 Å². The molecule has 70 valence electrons. The van der Waals surface area contributed by atoms with Gasteiger partial charge in [0, 0.05) is 17.9 Å². The second kappa shape index (κ2) is 4.01. The van der Waals surface area contributed by atoms with Crippen molar-refractivity contribution in [2.75, 3.05) is 5.75 Å². The Balaban J connectivity index is 1.89. The third-order valence-electron chi connectivity index (χ3n) is 2.48. The molecule has 0 aromatic carbocycles. The van der Waals surface area contributed by atoms with E-state index in [2.05, 4.69) is 0 Å². The van der Waals surface area contributed by atoms with Crippen molar-refractivity contribution < 1.29 is 4.73 Å². The first-order valence-electron chi connectivity index (χ1n) is 4.67. The van der Waals surface area contributed by atoms with Crippen LogP contribution in [0.4, 0.5) is 0 Å². The van der Waals surface area contributed by atoms with Gasteiger partial charge in [0.2, 0.25) is 0 Å². The van der Waals surface area contributed by atoms with Crippen LogP contribution in [0.2, 0.25) is 0 Å². The van der Waals surface area contributed by atoms with E-state index in [1.165, 1.54) is 19.3 Å². The minimum atomic E-state index is 0.828. The van der Waals surface area contributed by atoms with E-state index in [9.17, 15) is 5.21 Å². The van der Waals surface area contributed by atoms with Crippen molar-refractivity contribution in [3.8, 4) is 0 Å². The molecule has 1 aromatic heterocycles. The lowest BCUT2D eigenvalue weighted by Gasteiger charge is -2.24. The molecule has 1 aliphatic carbocycles. The third kappa shape index (κ3) is 2.15. The molecule has 2 rings (SSSR count). The number of pyridine rings is 1. The number of nitrogens with zero attached hydrogens (tertiary/aromatic N) is 1. The summed E-state index contributed by atoms with van der Waals surface area (Å²) in [7, 11) is 0. The van der Waals surface area contributed by atoms with Crippen LogP contribution in [0.1, 0.15) is 19.3 Å². The highest BCUT2D eigenvalue weighted by atomic mass is 32.2. The molecule has 0 N–H and O–H groups in total. The van der Waals surface area contributed by atoms with Crippen LogP contribution in [0.25, 0.3) is 0 Å². The summed E-state index contributed by atoms with van der Waals surface area (Å²) in [6, 6.07) is 5.56. The van der Waals surface area contributed by atoms with Gasteiger partial charge in [-0.15, -0.1) is 0 Å². The maximum absolute atomic E-state index is 11.2. The molecule has 1 aliphatic rings. The quantitative estimate of drug-likeness (QED) is 0.420. The molecule has 0 amide bonds. The Hall–Kier alpha value is -0.700. The van der Waals surface area contributed by atoms with Crippen LogP contribution in [0.15, 0.2) is 29.4 Å². The van der Waals surface area contributed by atoms with E-state index in [4.69, 9.17) is 0 Å². The van der Waals surface area contributed by atoms with Gasteiger partial charge < -0.3 is 5.21 Å². The molecule has 0 unspecified atom stereocenters. The smallest absolute Gasteiger partial charge is 0.251 e. The molecule has 0 atom stereocenters. The van der Waals surface area contributed by atoms with Crippen molar-refractivity contribution in [1.29, 1.82) is 0 Å². The van der Waals surface area contributed by atoms with Crippen LogP contribution in [0.5, 0.6) is 0 Å². The Kier molecular flexibility index (Phi) is 2.74. The normalized spacial score (nSPS) is 16.9. The van der Waals surface area contributed by atoms with Gasteiger partial charge in [-0.25, -0.2) is 0 Å². The van der Waals surface area contributed by atoms with E-state index in [1.807, 2.05) is 12.1 Å². The monoisotopic (exact) mass is 195 g/mol. The van der Waals surface area contributed by atoms with Crippen molar-refractivity contribution in [1.82, 2.24) is 0 Å². The van der Waals surface area contributed by atoms with E-state index in [-0.39, 0.29) is 0 Å².